The number of sulfone groups is 1. The quantitative estimate of drug-likeness (QED) is 0.822. The maximum atomic E-state index is 12.4. The molecule has 1 unspecified atom stereocenters. The predicted molar refractivity (Wildman–Crippen MR) is 105 cm³/mol. The van der Waals surface area contributed by atoms with Crippen molar-refractivity contribution in [3.05, 3.63) is 54.6 Å². The average Bonchev–Trinajstić information content (AvgIpc) is 3.01. The molecular formula is C19H22N2O3S2. The third kappa shape index (κ3) is 4.80. The summed E-state index contributed by atoms with van der Waals surface area (Å²) in [6.07, 6.45) is 0.519. The van der Waals surface area contributed by atoms with E-state index in [-0.39, 0.29) is 30.0 Å². The van der Waals surface area contributed by atoms with Crippen molar-refractivity contribution in [1.82, 2.24) is 4.90 Å². The maximum absolute atomic E-state index is 12.4. The van der Waals surface area contributed by atoms with E-state index in [1.54, 1.807) is 23.7 Å². The first-order valence-electron chi connectivity index (χ1n) is 8.46. The molecule has 1 N–H and O–H groups in total. The summed E-state index contributed by atoms with van der Waals surface area (Å²) in [7, 11) is -1.32. The van der Waals surface area contributed by atoms with Crippen molar-refractivity contribution >= 4 is 33.2 Å². The van der Waals surface area contributed by atoms with Gasteiger partial charge in [0.15, 0.2) is 9.84 Å². The highest BCUT2D eigenvalue weighted by Gasteiger charge is 2.32. The Labute approximate surface area is 158 Å². The summed E-state index contributed by atoms with van der Waals surface area (Å²) in [6, 6.07) is 17.7. The van der Waals surface area contributed by atoms with Crippen molar-refractivity contribution in [2.75, 3.05) is 30.4 Å². The summed E-state index contributed by atoms with van der Waals surface area (Å²) in [5, 5.41) is 3.20. The molecule has 1 amide bonds. The van der Waals surface area contributed by atoms with Crippen molar-refractivity contribution in [3.8, 4) is 0 Å². The third-order valence-electron chi connectivity index (χ3n) is 4.44. The van der Waals surface area contributed by atoms with Gasteiger partial charge in [0, 0.05) is 28.6 Å². The second kappa shape index (κ2) is 8.14. The van der Waals surface area contributed by atoms with Crippen molar-refractivity contribution < 1.29 is 13.2 Å². The molecule has 0 bridgehead atoms. The van der Waals surface area contributed by atoms with Crippen molar-refractivity contribution in [2.24, 2.45) is 0 Å². The molecule has 1 fully saturated rings. The van der Waals surface area contributed by atoms with Crippen molar-refractivity contribution in [3.63, 3.8) is 0 Å². The van der Waals surface area contributed by atoms with Crippen LogP contribution in [0.1, 0.15) is 6.42 Å². The van der Waals surface area contributed by atoms with E-state index in [1.165, 1.54) is 0 Å². The molecule has 3 rings (SSSR count). The number of likely N-dealkylation sites (N-methyl/N-ethyl adjacent to an activating group) is 1. The van der Waals surface area contributed by atoms with Crippen LogP contribution in [0, 0.1) is 0 Å². The molecule has 2 aromatic carbocycles. The summed E-state index contributed by atoms with van der Waals surface area (Å²) in [6.45, 7) is 0.138. The van der Waals surface area contributed by atoms with Crippen molar-refractivity contribution in [2.45, 2.75) is 22.3 Å². The van der Waals surface area contributed by atoms with Gasteiger partial charge in [-0.25, -0.2) is 8.42 Å². The highest BCUT2D eigenvalue weighted by molar-refractivity contribution is 7.99. The lowest BCUT2D eigenvalue weighted by atomic mass is 10.2. The number of carbonyl (C=O) groups excluding carboxylic acids is 1. The number of benzene rings is 2. The standard InChI is InChI=1S/C19H22N2O3S2/c1-21(15-11-12-26(23,24)14-15)19(22)13-20-17-9-5-6-10-18(17)25-16-7-3-2-4-8-16/h2-10,15,20H,11-14H2,1H3. The molecule has 7 heteroatoms. The molecule has 1 aliphatic rings. The Balaban J connectivity index is 1.62. The number of para-hydroxylation sites is 1. The van der Waals surface area contributed by atoms with Crippen LogP contribution in [0.15, 0.2) is 64.4 Å². The Kier molecular flexibility index (Phi) is 5.88. The number of hydrogen-bond donors (Lipinski definition) is 1. The normalized spacial score (nSPS) is 18.4. The summed E-state index contributed by atoms with van der Waals surface area (Å²) >= 11 is 1.63. The highest BCUT2D eigenvalue weighted by Crippen LogP contribution is 2.33. The molecule has 1 atom stereocenters. The highest BCUT2D eigenvalue weighted by atomic mass is 32.2. The number of hydrogen-bond acceptors (Lipinski definition) is 5. The lowest BCUT2D eigenvalue weighted by molar-refractivity contribution is -0.129. The van der Waals surface area contributed by atoms with Crippen molar-refractivity contribution in [1.29, 1.82) is 0 Å². The zero-order valence-corrected chi connectivity index (χ0v) is 16.2. The van der Waals surface area contributed by atoms with E-state index >= 15 is 0 Å². The number of amides is 1. The summed E-state index contributed by atoms with van der Waals surface area (Å²) in [5.74, 6) is 0.126. The molecule has 0 saturated carbocycles. The van der Waals surface area contributed by atoms with E-state index in [1.807, 2.05) is 54.6 Å². The lowest BCUT2D eigenvalue weighted by Gasteiger charge is -2.24. The van der Waals surface area contributed by atoms with Gasteiger partial charge in [0.2, 0.25) is 5.91 Å². The van der Waals surface area contributed by atoms with Crippen LogP contribution in [0.5, 0.6) is 0 Å². The molecule has 0 aromatic heterocycles. The Morgan fingerprint density at radius 1 is 1.15 bits per heavy atom. The predicted octanol–water partition coefficient (Wildman–Crippen LogP) is 2.90. The van der Waals surface area contributed by atoms with Crippen LogP contribution in [-0.2, 0) is 14.6 Å². The fourth-order valence-electron chi connectivity index (χ4n) is 2.90. The minimum Gasteiger partial charge on any atom is -0.375 e. The minimum atomic E-state index is -3.00. The SMILES string of the molecule is CN(C(=O)CNc1ccccc1Sc1ccccc1)C1CCS(=O)(=O)C1. The second-order valence-electron chi connectivity index (χ2n) is 6.33. The maximum Gasteiger partial charge on any atom is 0.241 e. The monoisotopic (exact) mass is 390 g/mol. The van der Waals surface area contributed by atoms with Crippen LogP contribution in [0.25, 0.3) is 0 Å². The van der Waals surface area contributed by atoms with Crippen LogP contribution >= 0.6 is 11.8 Å². The molecule has 2 aromatic rings. The van der Waals surface area contributed by atoms with E-state index in [4.69, 9.17) is 0 Å². The van der Waals surface area contributed by atoms with Gasteiger partial charge in [-0.2, -0.15) is 0 Å². The van der Waals surface area contributed by atoms with E-state index in [9.17, 15) is 13.2 Å². The third-order valence-corrected chi connectivity index (χ3v) is 7.27. The topological polar surface area (TPSA) is 66.5 Å². The van der Waals surface area contributed by atoms with Gasteiger partial charge in [-0.3, -0.25) is 4.79 Å². The molecule has 1 aliphatic heterocycles. The Hall–Kier alpha value is -1.99. The first kappa shape index (κ1) is 18.8. The Bertz CT molecular complexity index is 869. The van der Waals surface area contributed by atoms with Crippen LogP contribution in [-0.4, -0.2) is 50.4 Å². The largest absolute Gasteiger partial charge is 0.375 e. The molecule has 0 aliphatic carbocycles. The van der Waals surface area contributed by atoms with E-state index in [0.717, 1.165) is 15.5 Å². The Morgan fingerprint density at radius 2 is 1.85 bits per heavy atom. The van der Waals surface area contributed by atoms with Gasteiger partial charge in [-0.15, -0.1) is 0 Å². The summed E-state index contributed by atoms with van der Waals surface area (Å²) < 4.78 is 23.2. The van der Waals surface area contributed by atoms with Gasteiger partial charge < -0.3 is 10.2 Å². The lowest BCUT2D eigenvalue weighted by Crippen LogP contribution is -2.40. The van der Waals surface area contributed by atoms with Gasteiger partial charge in [0.05, 0.1) is 18.1 Å². The minimum absolute atomic E-state index is 0.0652. The number of nitrogens with zero attached hydrogens (tertiary/aromatic N) is 1. The Morgan fingerprint density at radius 3 is 2.54 bits per heavy atom. The van der Waals surface area contributed by atoms with Gasteiger partial charge in [0.25, 0.3) is 0 Å². The van der Waals surface area contributed by atoms with E-state index in [2.05, 4.69) is 5.32 Å². The average molecular weight is 391 g/mol. The van der Waals surface area contributed by atoms with Gasteiger partial charge in [-0.05, 0) is 30.7 Å². The second-order valence-corrected chi connectivity index (χ2v) is 9.67. The molecule has 5 nitrogen and oxygen atoms in total. The molecule has 0 radical (unpaired) electrons. The van der Waals surface area contributed by atoms with Gasteiger partial charge in [-0.1, -0.05) is 42.1 Å². The zero-order valence-electron chi connectivity index (χ0n) is 14.6. The molecule has 26 heavy (non-hydrogen) atoms. The van der Waals surface area contributed by atoms with Crippen LogP contribution in [0.2, 0.25) is 0 Å². The van der Waals surface area contributed by atoms with E-state index in [0.29, 0.717) is 6.42 Å². The first-order chi connectivity index (χ1) is 12.4. The van der Waals surface area contributed by atoms with Gasteiger partial charge >= 0.3 is 0 Å². The number of carbonyl (C=O) groups is 1. The molecule has 0 spiro atoms. The molecule has 1 heterocycles. The zero-order chi connectivity index (χ0) is 18.6. The summed E-state index contributed by atoms with van der Waals surface area (Å²) in [5.41, 5.74) is 0.891. The summed E-state index contributed by atoms with van der Waals surface area (Å²) in [4.78, 5) is 16.2. The van der Waals surface area contributed by atoms with E-state index < -0.39 is 9.84 Å². The van der Waals surface area contributed by atoms with Crippen LogP contribution < -0.4 is 5.32 Å². The smallest absolute Gasteiger partial charge is 0.241 e. The number of nitrogens with one attached hydrogen (secondary N) is 1. The number of anilines is 1. The van der Waals surface area contributed by atoms with Crippen LogP contribution in [0.4, 0.5) is 5.69 Å². The molecule has 1 saturated heterocycles. The fourth-order valence-corrected chi connectivity index (χ4v) is 5.62. The fraction of sp³-hybridized carbons (Fsp3) is 0.316. The van der Waals surface area contributed by atoms with Crippen LogP contribution in [0.3, 0.4) is 0 Å². The number of rotatable bonds is 6. The first-order valence-corrected chi connectivity index (χ1v) is 11.1. The molecular weight excluding hydrogens is 368 g/mol. The molecule has 138 valence electrons. The van der Waals surface area contributed by atoms with Gasteiger partial charge in [0.1, 0.15) is 0 Å².